The molecule has 1 fully saturated rings. The highest BCUT2D eigenvalue weighted by Crippen LogP contribution is 2.31. The standard InChI is InChI=1S/C23H28FN5O2/c1-4-31-23(30)18-13-25-22-20(15(2)27-28(22)3)21(18)26-17-9-11-29(12-10-17)14-16-7-5-6-8-19(16)24/h5-8,13,17H,4,9-12,14H2,1-3H3,(H,25,26). The molecule has 164 valence electrons. The second-order valence-corrected chi connectivity index (χ2v) is 7.96. The number of pyridine rings is 1. The monoisotopic (exact) mass is 425 g/mol. The van der Waals surface area contributed by atoms with Crippen LogP contribution in [-0.2, 0) is 18.3 Å². The third-order valence-electron chi connectivity index (χ3n) is 5.81. The SMILES string of the molecule is CCOC(=O)c1cnc2c(c(C)nn2C)c1NC1CCN(Cc2ccccc2F)CC1. The number of esters is 1. The van der Waals surface area contributed by atoms with Crippen molar-refractivity contribution in [1.29, 1.82) is 0 Å². The normalized spacial score (nSPS) is 15.4. The molecule has 8 heteroatoms. The maximum atomic E-state index is 14.0. The van der Waals surface area contributed by atoms with E-state index in [-0.39, 0.29) is 17.8 Å². The summed E-state index contributed by atoms with van der Waals surface area (Å²) in [5.74, 6) is -0.548. The fraction of sp³-hybridized carbons (Fsp3) is 0.435. The van der Waals surface area contributed by atoms with Crippen molar-refractivity contribution in [1.82, 2.24) is 19.7 Å². The van der Waals surface area contributed by atoms with Crippen LogP contribution in [0.25, 0.3) is 11.0 Å². The molecule has 0 atom stereocenters. The Hall–Kier alpha value is -3.00. The molecule has 4 rings (SSSR count). The van der Waals surface area contributed by atoms with Crippen molar-refractivity contribution in [2.24, 2.45) is 7.05 Å². The number of likely N-dealkylation sites (tertiary alicyclic amines) is 1. The van der Waals surface area contributed by atoms with Crippen LogP contribution in [0, 0.1) is 12.7 Å². The number of rotatable bonds is 6. The van der Waals surface area contributed by atoms with Crippen LogP contribution in [-0.4, -0.2) is 51.4 Å². The number of halogens is 1. The van der Waals surface area contributed by atoms with Gasteiger partial charge in [0.2, 0.25) is 0 Å². The van der Waals surface area contributed by atoms with E-state index >= 15 is 0 Å². The van der Waals surface area contributed by atoms with Gasteiger partial charge in [-0.2, -0.15) is 5.10 Å². The minimum atomic E-state index is -0.389. The molecule has 0 amide bonds. The molecule has 0 radical (unpaired) electrons. The molecule has 1 aromatic carbocycles. The number of nitrogens with one attached hydrogen (secondary N) is 1. The van der Waals surface area contributed by atoms with Gasteiger partial charge in [-0.1, -0.05) is 18.2 Å². The van der Waals surface area contributed by atoms with Crippen molar-refractivity contribution in [3.63, 3.8) is 0 Å². The zero-order chi connectivity index (χ0) is 22.0. The number of anilines is 1. The van der Waals surface area contributed by atoms with E-state index in [4.69, 9.17) is 4.74 Å². The lowest BCUT2D eigenvalue weighted by Gasteiger charge is -2.33. The lowest BCUT2D eigenvalue weighted by molar-refractivity contribution is 0.0527. The lowest BCUT2D eigenvalue weighted by Crippen LogP contribution is -2.39. The lowest BCUT2D eigenvalue weighted by atomic mass is 10.0. The first-order chi connectivity index (χ1) is 15.0. The third-order valence-corrected chi connectivity index (χ3v) is 5.81. The van der Waals surface area contributed by atoms with Gasteiger partial charge in [0.15, 0.2) is 5.65 Å². The zero-order valence-corrected chi connectivity index (χ0v) is 18.2. The molecular weight excluding hydrogens is 397 g/mol. The number of hydrogen-bond donors (Lipinski definition) is 1. The summed E-state index contributed by atoms with van der Waals surface area (Å²) in [6, 6.07) is 7.12. The predicted molar refractivity (Wildman–Crippen MR) is 118 cm³/mol. The molecule has 0 aliphatic carbocycles. The second-order valence-electron chi connectivity index (χ2n) is 7.96. The predicted octanol–water partition coefficient (Wildman–Crippen LogP) is 3.67. The van der Waals surface area contributed by atoms with Crippen LogP contribution >= 0.6 is 0 Å². The Morgan fingerprint density at radius 2 is 2.03 bits per heavy atom. The fourth-order valence-electron chi connectivity index (χ4n) is 4.23. The summed E-state index contributed by atoms with van der Waals surface area (Å²) < 4.78 is 21.0. The third kappa shape index (κ3) is 4.39. The maximum absolute atomic E-state index is 14.0. The summed E-state index contributed by atoms with van der Waals surface area (Å²) in [5.41, 5.74) is 3.43. The quantitative estimate of drug-likeness (QED) is 0.608. The Kier molecular flexibility index (Phi) is 6.18. The van der Waals surface area contributed by atoms with Crippen LogP contribution in [0.3, 0.4) is 0 Å². The number of nitrogens with zero attached hydrogens (tertiary/aromatic N) is 4. The first-order valence-corrected chi connectivity index (χ1v) is 10.7. The van der Waals surface area contributed by atoms with E-state index in [2.05, 4.69) is 20.3 Å². The van der Waals surface area contributed by atoms with E-state index in [1.54, 1.807) is 23.9 Å². The first-order valence-electron chi connectivity index (χ1n) is 10.7. The molecule has 2 aromatic heterocycles. The molecule has 0 unspecified atom stereocenters. The number of aryl methyl sites for hydroxylation is 2. The molecule has 3 aromatic rings. The smallest absolute Gasteiger partial charge is 0.341 e. The first kappa shape index (κ1) is 21.2. The van der Waals surface area contributed by atoms with Gasteiger partial charge in [0.25, 0.3) is 0 Å². The molecule has 3 heterocycles. The molecule has 0 spiro atoms. The molecule has 1 aliphatic rings. The van der Waals surface area contributed by atoms with Gasteiger partial charge in [-0.15, -0.1) is 0 Å². The van der Waals surface area contributed by atoms with E-state index in [1.807, 2.05) is 26.1 Å². The Morgan fingerprint density at radius 3 is 2.74 bits per heavy atom. The van der Waals surface area contributed by atoms with Gasteiger partial charge >= 0.3 is 5.97 Å². The highest BCUT2D eigenvalue weighted by atomic mass is 19.1. The minimum Gasteiger partial charge on any atom is -0.462 e. The van der Waals surface area contributed by atoms with E-state index in [1.165, 1.54) is 6.07 Å². The van der Waals surface area contributed by atoms with Gasteiger partial charge in [0.05, 0.1) is 23.4 Å². The topological polar surface area (TPSA) is 72.3 Å². The number of carbonyl (C=O) groups excluding carboxylic acids is 1. The maximum Gasteiger partial charge on any atom is 0.341 e. The van der Waals surface area contributed by atoms with Crippen molar-refractivity contribution in [3.8, 4) is 0 Å². The van der Waals surface area contributed by atoms with Gasteiger partial charge in [-0.05, 0) is 32.8 Å². The highest BCUT2D eigenvalue weighted by Gasteiger charge is 2.25. The van der Waals surface area contributed by atoms with Gasteiger partial charge in [0.1, 0.15) is 11.4 Å². The van der Waals surface area contributed by atoms with E-state index < -0.39 is 0 Å². The summed E-state index contributed by atoms with van der Waals surface area (Å²) in [7, 11) is 1.84. The molecule has 1 N–H and O–H groups in total. The van der Waals surface area contributed by atoms with E-state index in [0.29, 0.717) is 18.7 Å². The van der Waals surface area contributed by atoms with Crippen LogP contribution in [0.4, 0.5) is 10.1 Å². The van der Waals surface area contributed by atoms with Gasteiger partial charge in [0, 0.05) is 44.5 Å². The second kappa shape index (κ2) is 9.01. The zero-order valence-electron chi connectivity index (χ0n) is 18.2. The van der Waals surface area contributed by atoms with Crippen molar-refractivity contribution in [2.45, 2.75) is 39.3 Å². The average molecular weight is 426 g/mol. The van der Waals surface area contributed by atoms with Crippen molar-refractivity contribution >= 4 is 22.7 Å². The van der Waals surface area contributed by atoms with Crippen molar-refractivity contribution in [2.75, 3.05) is 25.0 Å². The molecule has 0 bridgehead atoms. The number of piperidine rings is 1. The van der Waals surface area contributed by atoms with Crippen LogP contribution < -0.4 is 5.32 Å². The number of carbonyl (C=O) groups is 1. The molecule has 0 saturated carbocycles. The molecule has 7 nitrogen and oxygen atoms in total. The summed E-state index contributed by atoms with van der Waals surface area (Å²) in [6.45, 7) is 6.31. The van der Waals surface area contributed by atoms with Gasteiger partial charge in [-0.3, -0.25) is 9.58 Å². The molecule has 31 heavy (non-hydrogen) atoms. The Labute approximate surface area is 181 Å². The summed E-state index contributed by atoms with van der Waals surface area (Å²) in [6.07, 6.45) is 3.34. The van der Waals surface area contributed by atoms with Crippen LogP contribution in [0.2, 0.25) is 0 Å². The Bertz CT molecular complexity index is 1090. The summed E-state index contributed by atoms with van der Waals surface area (Å²) in [4.78, 5) is 19.3. The molecular formula is C23H28FN5O2. The fourth-order valence-corrected chi connectivity index (χ4v) is 4.23. The highest BCUT2D eigenvalue weighted by molar-refractivity contribution is 6.05. The van der Waals surface area contributed by atoms with Crippen LogP contribution in [0.5, 0.6) is 0 Å². The molecule has 1 saturated heterocycles. The Balaban J connectivity index is 1.53. The number of benzene rings is 1. The number of aromatic nitrogens is 3. The van der Waals surface area contributed by atoms with Crippen LogP contribution in [0.1, 0.15) is 41.4 Å². The minimum absolute atomic E-state index is 0.159. The van der Waals surface area contributed by atoms with Crippen LogP contribution in [0.15, 0.2) is 30.5 Å². The van der Waals surface area contributed by atoms with E-state index in [9.17, 15) is 9.18 Å². The molecule has 1 aliphatic heterocycles. The average Bonchev–Trinajstić information content (AvgIpc) is 3.05. The number of hydrogen-bond acceptors (Lipinski definition) is 6. The largest absolute Gasteiger partial charge is 0.462 e. The van der Waals surface area contributed by atoms with Gasteiger partial charge in [-0.25, -0.2) is 14.2 Å². The number of fused-ring (bicyclic) bond motifs is 1. The number of ether oxygens (including phenoxy) is 1. The van der Waals surface area contributed by atoms with E-state index in [0.717, 1.165) is 53.9 Å². The van der Waals surface area contributed by atoms with Crippen molar-refractivity contribution in [3.05, 3.63) is 53.1 Å². The summed E-state index contributed by atoms with van der Waals surface area (Å²) in [5, 5.41) is 8.91. The Morgan fingerprint density at radius 1 is 1.29 bits per heavy atom. The summed E-state index contributed by atoms with van der Waals surface area (Å²) >= 11 is 0. The van der Waals surface area contributed by atoms with Crippen molar-refractivity contribution < 1.29 is 13.9 Å². The van der Waals surface area contributed by atoms with Gasteiger partial charge < -0.3 is 10.1 Å².